The number of benzene rings is 1. The van der Waals surface area contributed by atoms with E-state index in [0.717, 1.165) is 0 Å². The van der Waals surface area contributed by atoms with Gasteiger partial charge >= 0.3 is 5.69 Å². The zero-order valence-electron chi connectivity index (χ0n) is 13.8. The normalized spacial score (nSPS) is 16.7. The lowest BCUT2D eigenvalue weighted by molar-refractivity contribution is -0.122. The van der Waals surface area contributed by atoms with Crippen LogP contribution >= 0.6 is 0 Å². The molecule has 0 saturated carbocycles. The molecule has 2 N–H and O–H groups in total. The second-order valence-electron chi connectivity index (χ2n) is 6.00. The third kappa shape index (κ3) is 4.05. The molecule has 2 aromatic rings. The lowest BCUT2D eigenvalue weighted by Gasteiger charge is -2.17. The van der Waals surface area contributed by atoms with Crippen LogP contribution in [0.3, 0.4) is 0 Å². The Morgan fingerprint density at radius 1 is 1.19 bits per heavy atom. The molecule has 0 bridgehead atoms. The monoisotopic (exact) mass is 360 g/mol. The first-order chi connectivity index (χ1) is 12.4. The molecule has 2 heterocycles. The molecule has 8 nitrogen and oxygen atoms in total. The minimum Gasteiger partial charge on any atom is -0.351 e. The number of hydrogen-bond donors (Lipinski definition) is 2. The smallest absolute Gasteiger partial charge is 0.328 e. The van der Waals surface area contributed by atoms with Crippen molar-refractivity contribution in [3.63, 3.8) is 0 Å². The Morgan fingerprint density at radius 3 is 2.62 bits per heavy atom. The van der Waals surface area contributed by atoms with E-state index in [1.807, 2.05) is 0 Å². The quantitative estimate of drug-likeness (QED) is 0.782. The Hall–Kier alpha value is -3.23. The lowest BCUT2D eigenvalue weighted by atomic mass is 10.2. The highest BCUT2D eigenvalue weighted by Gasteiger charge is 2.31. The van der Waals surface area contributed by atoms with E-state index in [1.165, 1.54) is 46.0 Å². The molecule has 0 aliphatic carbocycles. The van der Waals surface area contributed by atoms with Crippen LogP contribution in [0.5, 0.6) is 0 Å². The Balaban J connectivity index is 1.55. The van der Waals surface area contributed by atoms with Gasteiger partial charge in [-0.15, -0.1) is 0 Å². The number of hydrogen-bond acceptors (Lipinski definition) is 4. The molecule has 1 aliphatic rings. The van der Waals surface area contributed by atoms with Crippen molar-refractivity contribution in [3.05, 3.63) is 63.2 Å². The van der Waals surface area contributed by atoms with E-state index in [4.69, 9.17) is 0 Å². The molecule has 1 fully saturated rings. The zero-order valence-corrected chi connectivity index (χ0v) is 13.8. The van der Waals surface area contributed by atoms with E-state index < -0.39 is 11.2 Å². The number of carbonyl (C=O) groups is 2. The standard InChI is InChI=1S/C17H17FN4O4/c18-11-1-3-13(4-2-11)22-10-12(9-16(22)25)19-14(23)5-7-21-8-6-15(24)20-17(21)26/h1-4,6,8,12H,5,7,9-10H2,(H,19,23)(H,20,24,26). The number of amides is 2. The van der Waals surface area contributed by atoms with Gasteiger partial charge in [-0.25, -0.2) is 9.18 Å². The summed E-state index contributed by atoms with van der Waals surface area (Å²) in [5.74, 6) is -0.844. The average Bonchev–Trinajstić information content (AvgIpc) is 2.95. The highest BCUT2D eigenvalue weighted by Crippen LogP contribution is 2.21. The number of anilines is 1. The van der Waals surface area contributed by atoms with Gasteiger partial charge in [0.25, 0.3) is 5.56 Å². The molecule has 1 aromatic carbocycles. The van der Waals surface area contributed by atoms with Crippen LogP contribution in [0.1, 0.15) is 12.8 Å². The van der Waals surface area contributed by atoms with Crippen molar-refractivity contribution < 1.29 is 14.0 Å². The second kappa shape index (κ2) is 7.34. The van der Waals surface area contributed by atoms with Crippen molar-refractivity contribution in [1.29, 1.82) is 0 Å². The van der Waals surface area contributed by atoms with E-state index >= 15 is 0 Å². The maximum absolute atomic E-state index is 13.0. The summed E-state index contributed by atoms with van der Waals surface area (Å²) in [6.45, 7) is 0.415. The molecule has 1 atom stereocenters. The number of carbonyl (C=O) groups excluding carboxylic acids is 2. The van der Waals surface area contributed by atoms with Crippen LogP contribution in [0.4, 0.5) is 10.1 Å². The Bertz CT molecular complexity index is 935. The highest BCUT2D eigenvalue weighted by atomic mass is 19.1. The number of halogens is 1. The van der Waals surface area contributed by atoms with Crippen molar-refractivity contribution in [2.24, 2.45) is 0 Å². The minimum atomic E-state index is -0.580. The van der Waals surface area contributed by atoms with Crippen LogP contribution in [-0.4, -0.2) is 34.0 Å². The minimum absolute atomic E-state index is 0.0349. The van der Waals surface area contributed by atoms with Gasteiger partial charge in [0.2, 0.25) is 11.8 Å². The van der Waals surface area contributed by atoms with E-state index in [-0.39, 0.29) is 43.1 Å². The van der Waals surface area contributed by atoms with Gasteiger partial charge in [0, 0.05) is 43.9 Å². The molecular weight excluding hydrogens is 343 g/mol. The summed E-state index contributed by atoms with van der Waals surface area (Å²) in [7, 11) is 0. The van der Waals surface area contributed by atoms with Gasteiger partial charge in [0.1, 0.15) is 5.82 Å². The Kier molecular flexibility index (Phi) is 4.97. The predicted octanol–water partition coefficient (Wildman–Crippen LogP) is -0.0125. The summed E-state index contributed by atoms with van der Waals surface area (Å²) >= 11 is 0. The van der Waals surface area contributed by atoms with E-state index in [0.29, 0.717) is 12.2 Å². The summed E-state index contributed by atoms with van der Waals surface area (Å²) in [6.07, 6.45) is 1.51. The molecule has 1 aromatic heterocycles. The van der Waals surface area contributed by atoms with Gasteiger partial charge in [-0.1, -0.05) is 0 Å². The largest absolute Gasteiger partial charge is 0.351 e. The van der Waals surface area contributed by atoms with Gasteiger partial charge in [0.05, 0.1) is 6.04 Å². The average molecular weight is 360 g/mol. The molecule has 3 rings (SSSR count). The van der Waals surface area contributed by atoms with Crippen LogP contribution in [-0.2, 0) is 16.1 Å². The van der Waals surface area contributed by atoms with Crippen LogP contribution in [0.25, 0.3) is 0 Å². The fraction of sp³-hybridized carbons (Fsp3) is 0.294. The number of nitrogens with zero attached hydrogens (tertiary/aromatic N) is 2. The number of aromatic amines is 1. The van der Waals surface area contributed by atoms with Gasteiger partial charge in [-0.05, 0) is 24.3 Å². The first-order valence-corrected chi connectivity index (χ1v) is 8.07. The molecule has 1 saturated heterocycles. The number of nitrogens with one attached hydrogen (secondary N) is 2. The number of rotatable bonds is 5. The molecule has 1 unspecified atom stereocenters. The molecule has 9 heteroatoms. The third-order valence-corrected chi connectivity index (χ3v) is 4.11. The number of aromatic nitrogens is 2. The summed E-state index contributed by atoms with van der Waals surface area (Å²) in [5, 5.41) is 2.76. The first-order valence-electron chi connectivity index (χ1n) is 8.07. The van der Waals surface area contributed by atoms with Crippen LogP contribution < -0.4 is 21.5 Å². The molecule has 1 aliphatic heterocycles. The van der Waals surface area contributed by atoms with Crippen molar-refractivity contribution >= 4 is 17.5 Å². The van der Waals surface area contributed by atoms with Gasteiger partial charge in [-0.3, -0.25) is 19.4 Å². The van der Waals surface area contributed by atoms with Crippen LogP contribution in [0.2, 0.25) is 0 Å². The van der Waals surface area contributed by atoms with Crippen LogP contribution in [0.15, 0.2) is 46.1 Å². The van der Waals surface area contributed by atoms with E-state index in [9.17, 15) is 23.6 Å². The summed E-state index contributed by atoms with van der Waals surface area (Å²) < 4.78 is 14.2. The zero-order chi connectivity index (χ0) is 18.7. The Morgan fingerprint density at radius 2 is 1.92 bits per heavy atom. The third-order valence-electron chi connectivity index (χ3n) is 4.11. The van der Waals surface area contributed by atoms with Crippen LogP contribution in [0, 0.1) is 5.82 Å². The first kappa shape index (κ1) is 17.6. The van der Waals surface area contributed by atoms with E-state index in [2.05, 4.69) is 10.3 Å². The summed E-state index contributed by atoms with van der Waals surface area (Å²) in [6, 6.07) is 6.43. The molecular formula is C17H17FN4O4. The molecule has 0 radical (unpaired) electrons. The summed E-state index contributed by atoms with van der Waals surface area (Å²) in [4.78, 5) is 50.3. The highest BCUT2D eigenvalue weighted by molar-refractivity contribution is 5.96. The van der Waals surface area contributed by atoms with Crippen molar-refractivity contribution in [2.45, 2.75) is 25.4 Å². The fourth-order valence-electron chi connectivity index (χ4n) is 2.82. The molecule has 136 valence electrons. The molecule has 26 heavy (non-hydrogen) atoms. The van der Waals surface area contributed by atoms with Crippen molar-refractivity contribution in [3.8, 4) is 0 Å². The summed E-state index contributed by atoms with van der Waals surface area (Å²) in [5.41, 5.74) is -0.502. The van der Waals surface area contributed by atoms with Crippen molar-refractivity contribution in [1.82, 2.24) is 14.9 Å². The fourth-order valence-corrected chi connectivity index (χ4v) is 2.82. The Labute approximate surface area is 147 Å². The van der Waals surface area contributed by atoms with Gasteiger partial charge in [-0.2, -0.15) is 0 Å². The van der Waals surface area contributed by atoms with Crippen molar-refractivity contribution in [2.75, 3.05) is 11.4 Å². The molecule has 2 amide bonds. The maximum Gasteiger partial charge on any atom is 0.328 e. The van der Waals surface area contributed by atoms with E-state index in [1.54, 1.807) is 0 Å². The second-order valence-corrected chi connectivity index (χ2v) is 6.00. The number of aryl methyl sites for hydroxylation is 1. The van der Waals surface area contributed by atoms with Gasteiger partial charge in [0.15, 0.2) is 0 Å². The number of H-pyrrole nitrogens is 1. The molecule has 0 spiro atoms. The van der Waals surface area contributed by atoms with Gasteiger partial charge < -0.3 is 14.8 Å². The maximum atomic E-state index is 13.0. The SMILES string of the molecule is O=C(CCn1ccc(=O)[nH]c1=O)NC1CC(=O)N(c2ccc(F)cc2)C1. The topological polar surface area (TPSA) is 104 Å². The predicted molar refractivity (Wildman–Crippen MR) is 91.2 cm³/mol. The lowest BCUT2D eigenvalue weighted by Crippen LogP contribution is -2.38.